The summed E-state index contributed by atoms with van der Waals surface area (Å²) in [6.45, 7) is 0. The molecule has 0 aliphatic rings. The van der Waals surface area contributed by atoms with E-state index in [1.54, 1.807) is 30.3 Å². The zero-order valence-electron chi connectivity index (χ0n) is 9.30. The Morgan fingerprint density at radius 1 is 1.00 bits per heavy atom. The van der Waals surface area contributed by atoms with Gasteiger partial charge in [-0.05, 0) is 5.56 Å². The van der Waals surface area contributed by atoms with Crippen molar-refractivity contribution in [3.05, 3.63) is 35.9 Å². The molecule has 1 aromatic carbocycles. The lowest BCUT2D eigenvalue weighted by Gasteiger charge is -2.12. The summed E-state index contributed by atoms with van der Waals surface area (Å²) in [6.07, 6.45) is 0. The Morgan fingerprint density at radius 2 is 1.44 bits per heavy atom. The van der Waals surface area contributed by atoms with Crippen LogP contribution in [0.1, 0.15) is 11.5 Å². The third-order valence-corrected chi connectivity index (χ3v) is 2.01. The highest BCUT2D eigenvalue weighted by atomic mass is 16.5. The van der Waals surface area contributed by atoms with E-state index in [0.717, 1.165) is 0 Å². The van der Waals surface area contributed by atoms with E-state index in [0.29, 0.717) is 5.56 Å². The summed E-state index contributed by atoms with van der Waals surface area (Å²) >= 11 is 0. The normalized spacial score (nSPS) is 9.19. The Bertz CT molecular complexity index is 334. The average Bonchev–Trinajstić information content (AvgIpc) is 2.30. The van der Waals surface area contributed by atoms with Gasteiger partial charge in [0, 0.05) is 0 Å². The van der Waals surface area contributed by atoms with Crippen molar-refractivity contribution in [2.45, 2.75) is 5.92 Å². The maximum atomic E-state index is 11.4. The molecule has 0 aliphatic heterocycles. The molecular formula is C11H15NO4. The number of esters is 2. The van der Waals surface area contributed by atoms with E-state index in [1.165, 1.54) is 14.2 Å². The van der Waals surface area contributed by atoms with E-state index in [1.807, 2.05) is 0 Å². The molecule has 0 amide bonds. The Balaban J connectivity index is 0.00000225. The number of benzene rings is 1. The van der Waals surface area contributed by atoms with Gasteiger partial charge < -0.3 is 15.6 Å². The fourth-order valence-electron chi connectivity index (χ4n) is 1.25. The Morgan fingerprint density at radius 3 is 1.81 bits per heavy atom. The van der Waals surface area contributed by atoms with Crippen LogP contribution in [-0.4, -0.2) is 26.2 Å². The molecule has 0 aliphatic carbocycles. The van der Waals surface area contributed by atoms with Crippen molar-refractivity contribution in [1.82, 2.24) is 6.15 Å². The first-order chi connectivity index (χ1) is 7.20. The quantitative estimate of drug-likeness (QED) is 0.618. The summed E-state index contributed by atoms with van der Waals surface area (Å²) < 4.78 is 9.10. The number of rotatable bonds is 3. The minimum absolute atomic E-state index is 0. The highest BCUT2D eigenvalue weighted by Crippen LogP contribution is 2.18. The van der Waals surface area contributed by atoms with Crippen LogP contribution in [0.3, 0.4) is 0 Å². The lowest BCUT2D eigenvalue weighted by Crippen LogP contribution is -2.24. The molecule has 1 aromatic rings. The lowest BCUT2D eigenvalue weighted by atomic mass is 10.00. The van der Waals surface area contributed by atoms with Crippen LogP contribution in [0.5, 0.6) is 0 Å². The predicted octanol–water partition coefficient (Wildman–Crippen LogP) is 1.28. The first-order valence-electron chi connectivity index (χ1n) is 4.41. The summed E-state index contributed by atoms with van der Waals surface area (Å²) in [7, 11) is 2.47. The van der Waals surface area contributed by atoms with E-state index in [2.05, 4.69) is 9.47 Å². The van der Waals surface area contributed by atoms with Crippen LogP contribution in [0.4, 0.5) is 0 Å². The summed E-state index contributed by atoms with van der Waals surface area (Å²) in [4.78, 5) is 22.8. The van der Waals surface area contributed by atoms with E-state index < -0.39 is 17.9 Å². The molecule has 0 fully saturated rings. The Labute approximate surface area is 93.9 Å². The molecule has 16 heavy (non-hydrogen) atoms. The van der Waals surface area contributed by atoms with Crippen LogP contribution in [-0.2, 0) is 19.1 Å². The van der Waals surface area contributed by atoms with Crippen molar-refractivity contribution in [3.63, 3.8) is 0 Å². The van der Waals surface area contributed by atoms with Crippen molar-refractivity contribution in [2.24, 2.45) is 0 Å². The minimum Gasteiger partial charge on any atom is -0.468 e. The van der Waals surface area contributed by atoms with Gasteiger partial charge in [-0.3, -0.25) is 9.59 Å². The molecular weight excluding hydrogens is 210 g/mol. The van der Waals surface area contributed by atoms with Crippen molar-refractivity contribution in [2.75, 3.05) is 14.2 Å². The van der Waals surface area contributed by atoms with Gasteiger partial charge in [0.05, 0.1) is 14.2 Å². The molecule has 0 saturated heterocycles. The average molecular weight is 225 g/mol. The van der Waals surface area contributed by atoms with Crippen molar-refractivity contribution < 1.29 is 19.1 Å². The summed E-state index contributed by atoms with van der Waals surface area (Å²) in [5.74, 6) is -2.23. The standard InChI is InChI=1S/C11H12O4.H3N/c1-14-10(12)9(11(13)15-2)8-6-4-3-5-7-8;/h3-7,9H,1-2H3;1H3. The summed E-state index contributed by atoms with van der Waals surface area (Å²) in [6, 6.07) is 8.65. The molecule has 0 atom stereocenters. The zero-order chi connectivity index (χ0) is 11.3. The highest BCUT2D eigenvalue weighted by Gasteiger charge is 2.30. The maximum absolute atomic E-state index is 11.4. The molecule has 5 nitrogen and oxygen atoms in total. The van der Waals surface area contributed by atoms with Crippen LogP contribution in [0.25, 0.3) is 0 Å². The van der Waals surface area contributed by atoms with Crippen LogP contribution < -0.4 is 6.15 Å². The van der Waals surface area contributed by atoms with Crippen molar-refractivity contribution in [1.29, 1.82) is 0 Å². The molecule has 0 saturated carbocycles. The van der Waals surface area contributed by atoms with E-state index >= 15 is 0 Å². The molecule has 88 valence electrons. The molecule has 0 unspecified atom stereocenters. The number of carbonyl (C=O) groups excluding carboxylic acids is 2. The highest BCUT2D eigenvalue weighted by molar-refractivity contribution is 6.00. The van der Waals surface area contributed by atoms with Gasteiger partial charge in [0.15, 0.2) is 5.92 Å². The molecule has 0 spiro atoms. The van der Waals surface area contributed by atoms with Crippen LogP contribution in [0.15, 0.2) is 30.3 Å². The van der Waals surface area contributed by atoms with E-state index in [9.17, 15) is 9.59 Å². The first kappa shape index (κ1) is 14.1. The molecule has 0 radical (unpaired) electrons. The topological polar surface area (TPSA) is 87.6 Å². The lowest BCUT2D eigenvalue weighted by molar-refractivity contribution is -0.154. The van der Waals surface area contributed by atoms with Gasteiger partial charge in [-0.2, -0.15) is 0 Å². The van der Waals surface area contributed by atoms with Crippen LogP contribution in [0.2, 0.25) is 0 Å². The molecule has 0 aromatic heterocycles. The monoisotopic (exact) mass is 225 g/mol. The SMILES string of the molecule is COC(=O)C(C(=O)OC)c1ccccc1.N. The fraction of sp³-hybridized carbons (Fsp3) is 0.273. The zero-order valence-corrected chi connectivity index (χ0v) is 9.30. The fourth-order valence-corrected chi connectivity index (χ4v) is 1.25. The third kappa shape index (κ3) is 3.06. The van der Waals surface area contributed by atoms with Gasteiger partial charge in [0.1, 0.15) is 0 Å². The third-order valence-electron chi connectivity index (χ3n) is 2.01. The molecule has 0 heterocycles. The van der Waals surface area contributed by atoms with Crippen LogP contribution >= 0.6 is 0 Å². The smallest absolute Gasteiger partial charge is 0.324 e. The summed E-state index contributed by atoms with van der Waals surface area (Å²) in [5.41, 5.74) is 0.566. The maximum Gasteiger partial charge on any atom is 0.324 e. The number of hydrogen-bond donors (Lipinski definition) is 1. The van der Waals surface area contributed by atoms with Crippen molar-refractivity contribution >= 4 is 11.9 Å². The Kier molecular flexibility index (Phi) is 5.80. The second kappa shape index (κ2) is 6.58. The van der Waals surface area contributed by atoms with Crippen molar-refractivity contribution in [3.8, 4) is 0 Å². The second-order valence-corrected chi connectivity index (χ2v) is 2.89. The van der Waals surface area contributed by atoms with Crippen LogP contribution in [0, 0.1) is 0 Å². The van der Waals surface area contributed by atoms with Gasteiger partial charge in [-0.1, -0.05) is 30.3 Å². The number of carbonyl (C=O) groups is 2. The van der Waals surface area contributed by atoms with Gasteiger partial charge in [0.2, 0.25) is 0 Å². The number of hydrogen-bond acceptors (Lipinski definition) is 5. The molecule has 0 bridgehead atoms. The van der Waals surface area contributed by atoms with Gasteiger partial charge >= 0.3 is 11.9 Å². The van der Waals surface area contributed by atoms with Gasteiger partial charge in [0.25, 0.3) is 0 Å². The van der Waals surface area contributed by atoms with Gasteiger partial charge in [-0.25, -0.2) is 0 Å². The number of methoxy groups -OCH3 is 2. The second-order valence-electron chi connectivity index (χ2n) is 2.89. The van der Waals surface area contributed by atoms with E-state index in [4.69, 9.17) is 0 Å². The number of ether oxygens (including phenoxy) is 2. The molecule has 5 heteroatoms. The first-order valence-corrected chi connectivity index (χ1v) is 4.41. The summed E-state index contributed by atoms with van der Waals surface area (Å²) in [5, 5.41) is 0. The largest absolute Gasteiger partial charge is 0.468 e. The molecule has 1 rings (SSSR count). The van der Waals surface area contributed by atoms with Gasteiger partial charge in [-0.15, -0.1) is 0 Å². The molecule has 3 N–H and O–H groups in total. The Hall–Kier alpha value is -1.88. The minimum atomic E-state index is -0.999. The predicted molar refractivity (Wildman–Crippen MR) is 58.2 cm³/mol. The van der Waals surface area contributed by atoms with E-state index in [-0.39, 0.29) is 6.15 Å².